The molecule has 0 radical (unpaired) electrons. The van der Waals surface area contributed by atoms with E-state index in [1.54, 1.807) is 41.2 Å². The normalized spacial score (nSPS) is 11.1. The van der Waals surface area contributed by atoms with Gasteiger partial charge in [-0.1, -0.05) is 23.2 Å². The summed E-state index contributed by atoms with van der Waals surface area (Å²) in [4.78, 5) is 8.47. The Morgan fingerprint density at radius 1 is 1.26 bits per heavy atom. The molecule has 1 N–H and O–H groups in total. The van der Waals surface area contributed by atoms with E-state index in [1.165, 1.54) is 0 Å². The largest absolute Gasteiger partial charge is 0.390 e. The molecule has 6 heteroatoms. The zero-order valence-electron chi connectivity index (χ0n) is 9.72. The molecule has 0 aliphatic rings. The van der Waals surface area contributed by atoms with Gasteiger partial charge in [-0.2, -0.15) is 0 Å². The summed E-state index contributed by atoms with van der Waals surface area (Å²) in [5, 5.41) is 10.6. The number of nitrogens with zero attached hydrogens (tertiary/aromatic N) is 3. The van der Waals surface area contributed by atoms with Crippen molar-refractivity contribution < 1.29 is 5.11 Å². The maximum Gasteiger partial charge on any atom is 0.156 e. The molecule has 3 rings (SSSR count). The molecular formula is C13H9Cl2N3O. The summed E-state index contributed by atoms with van der Waals surface area (Å²) < 4.78 is 1.78. The smallest absolute Gasteiger partial charge is 0.156 e. The van der Waals surface area contributed by atoms with Crippen LogP contribution in [0.4, 0.5) is 0 Å². The molecule has 3 aromatic rings. The zero-order valence-corrected chi connectivity index (χ0v) is 11.2. The molecule has 2 heterocycles. The van der Waals surface area contributed by atoms with Crippen LogP contribution in [0.2, 0.25) is 10.0 Å². The van der Waals surface area contributed by atoms with Gasteiger partial charge in [0.15, 0.2) is 5.65 Å². The Morgan fingerprint density at radius 2 is 2.11 bits per heavy atom. The molecule has 0 spiro atoms. The first-order valence-corrected chi connectivity index (χ1v) is 6.33. The summed E-state index contributed by atoms with van der Waals surface area (Å²) >= 11 is 12.1. The number of imidazole rings is 1. The summed E-state index contributed by atoms with van der Waals surface area (Å²) in [6.45, 7) is -0.139. The van der Waals surface area contributed by atoms with E-state index in [0.29, 0.717) is 27.1 Å². The van der Waals surface area contributed by atoms with Gasteiger partial charge in [-0.3, -0.25) is 9.38 Å². The second-order valence-electron chi connectivity index (χ2n) is 3.99. The van der Waals surface area contributed by atoms with Crippen LogP contribution in [-0.4, -0.2) is 19.5 Å². The van der Waals surface area contributed by atoms with Crippen molar-refractivity contribution in [1.82, 2.24) is 14.4 Å². The van der Waals surface area contributed by atoms with E-state index in [2.05, 4.69) is 9.97 Å². The standard InChI is InChI=1S/C13H9Cl2N3O/c14-8-1-2-9(10(15)5-8)13-11(7-19)18-4-3-16-6-12(18)17-13/h1-6,19H,7H2. The maximum atomic E-state index is 9.56. The average molecular weight is 294 g/mol. The molecule has 0 aliphatic carbocycles. The fourth-order valence-electron chi connectivity index (χ4n) is 2.01. The topological polar surface area (TPSA) is 50.4 Å². The van der Waals surface area contributed by atoms with Gasteiger partial charge in [0.1, 0.15) is 0 Å². The molecule has 0 saturated heterocycles. The number of hydrogen-bond acceptors (Lipinski definition) is 3. The first kappa shape index (κ1) is 12.4. The van der Waals surface area contributed by atoms with Crippen LogP contribution in [0, 0.1) is 0 Å². The molecule has 0 fully saturated rings. The second kappa shape index (κ2) is 4.81. The molecule has 0 amide bonds. The lowest BCUT2D eigenvalue weighted by atomic mass is 10.1. The van der Waals surface area contributed by atoms with E-state index in [4.69, 9.17) is 23.2 Å². The highest BCUT2D eigenvalue weighted by molar-refractivity contribution is 6.36. The van der Waals surface area contributed by atoms with Crippen LogP contribution in [0.15, 0.2) is 36.8 Å². The number of aromatic nitrogens is 3. The lowest BCUT2D eigenvalue weighted by Gasteiger charge is -2.04. The Balaban J connectivity index is 2.30. The molecule has 1 aromatic carbocycles. The van der Waals surface area contributed by atoms with Gasteiger partial charge in [0.05, 0.1) is 29.2 Å². The summed E-state index contributed by atoms with van der Waals surface area (Å²) in [6.07, 6.45) is 5.02. The van der Waals surface area contributed by atoms with Crippen LogP contribution in [-0.2, 0) is 6.61 Å². The van der Waals surface area contributed by atoms with Crippen LogP contribution in [0.25, 0.3) is 16.9 Å². The van der Waals surface area contributed by atoms with Crippen molar-refractivity contribution in [3.63, 3.8) is 0 Å². The predicted molar refractivity (Wildman–Crippen MR) is 74.4 cm³/mol. The van der Waals surface area contributed by atoms with Crippen molar-refractivity contribution in [1.29, 1.82) is 0 Å². The van der Waals surface area contributed by atoms with Crippen LogP contribution < -0.4 is 0 Å². The third-order valence-corrected chi connectivity index (χ3v) is 3.41. The second-order valence-corrected chi connectivity index (χ2v) is 4.84. The van der Waals surface area contributed by atoms with Crippen molar-refractivity contribution in [2.45, 2.75) is 6.61 Å². The number of halogens is 2. The zero-order chi connectivity index (χ0) is 13.4. The van der Waals surface area contributed by atoms with Gasteiger partial charge >= 0.3 is 0 Å². The number of fused-ring (bicyclic) bond motifs is 1. The fraction of sp³-hybridized carbons (Fsp3) is 0.0769. The van der Waals surface area contributed by atoms with Crippen LogP contribution in [0.3, 0.4) is 0 Å². The van der Waals surface area contributed by atoms with Crippen molar-refractivity contribution in [2.75, 3.05) is 0 Å². The van der Waals surface area contributed by atoms with Crippen LogP contribution in [0.1, 0.15) is 5.69 Å². The van der Waals surface area contributed by atoms with E-state index in [9.17, 15) is 5.11 Å². The van der Waals surface area contributed by atoms with Gasteiger partial charge in [-0.25, -0.2) is 4.98 Å². The predicted octanol–water partition coefficient (Wildman–Crippen LogP) is 3.20. The lowest BCUT2D eigenvalue weighted by Crippen LogP contribution is -1.94. The Labute approximate surface area is 119 Å². The molecule has 0 unspecified atom stereocenters. The fourth-order valence-corrected chi connectivity index (χ4v) is 2.50. The number of hydrogen-bond donors (Lipinski definition) is 1. The van der Waals surface area contributed by atoms with E-state index in [0.717, 1.165) is 5.56 Å². The third kappa shape index (κ3) is 2.08. The van der Waals surface area contributed by atoms with E-state index in [-0.39, 0.29) is 6.61 Å². The Hall–Kier alpha value is -1.62. The summed E-state index contributed by atoms with van der Waals surface area (Å²) in [5.41, 5.74) is 2.70. The Bertz CT molecular complexity index is 755. The number of aliphatic hydroxyl groups excluding tert-OH is 1. The highest BCUT2D eigenvalue weighted by atomic mass is 35.5. The van der Waals surface area contributed by atoms with E-state index < -0.39 is 0 Å². The molecule has 0 atom stereocenters. The molecular weight excluding hydrogens is 285 g/mol. The number of rotatable bonds is 2. The SMILES string of the molecule is OCc1c(-c2ccc(Cl)cc2Cl)nc2cnccn12. The highest BCUT2D eigenvalue weighted by Crippen LogP contribution is 2.32. The Morgan fingerprint density at radius 3 is 2.84 bits per heavy atom. The van der Waals surface area contributed by atoms with E-state index in [1.807, 2.05) is 0 Å². The quantitative estimate of drug-likeness (QED) is 0.789. The van der Waals surface area contributed by atoms with Crippen molar-refractivity contribution in [3.05, 3.63) is 52.5 Å². The van der Waals surface area contributed by atoms with Gasteiger partial charge in [0, 0.05) is 23.0 Å². The first-order chi connectivity index (χ1) is 9.20. The van der Waals surface area contributed by atoms with Crippen molar-refractivity contribution in [3.8, 4) is 11.3 Å². The molecule has 0 bridgehead atoms. The molecule has 0 saturated carbocycles. The Kier molecular flexibility index (Phi) is 3.14. The molecule has 19 heavy (non-hydrogen) atoms. The minimum Gasteiger partial charge on any atom is -0.390 e. The summed E-state index contributed by atoms with van der Waals surface area (Å²) in [7, 11) is 0. The number of aliphatic hydroxyl groups is 1. The molecule has 4 nitrogen and oxygen atoms in total. The van der Waals surface area contributed by atoms with Crippen LogP contribution in [0.5, 0.6) is 0 Å². The molecule has 2 aromatic heterocycles. The van der Waals surface area contributed by atoms with Gasteiger partial charge in [-0.15, -0.1) is 0 Å². The minimum absolute atomic E-state index is 0.139. The van der Waals surface area contributed by atoms with Gasteiger partial charge in [0.25, 0.3) is 0 Å². The lowest BCUT2D eigenvalue weighted by molar-refractivity contribution is 0.276. The van der Waals surface area contributed by atoms with Crippen LogP contribution >= 0.6 is 23.2 Å². The first-order valence-electron chi connectivity index (χ1n) is 5.58. The monoisotopic (exact) mass is 293 g/mol. The van der Waals surface area contributed by atoms with Crippen molar-refractivity contribution in [2.24, 2.45) is 0 Å². The van der Waals surface area contributed by atoms with Gasteiger partial charge in [0.2, 0.25) is 0 Å². The minimum atomic E-state index is -0.139. The van der Waals surface area contributed by atoms with Crippen molar-refractivity contribution >= 4 is 28.8 Å². The maximum absolute atomic E-state index is 9.56. The highest BCUT2D eigenvalue weighted by Gasteiger charge is 2.15. The third-order valence-electron chi connectivity index (χ3n) is 2.87. The van der Waals surface area contributed by atoms with Gasteiger partial charge in [-0.05, 0) is 18.2 Å². The molecule has 0 aliphatic heterocycles. The number of benzene rings is 1. The van der Waals surface area contributed by atoms with E-state index >= 15 is 0 Å². The summed E-state index contributed by atoms with van der Waals surface area (Å²) in [5.74, 6) is 0. The summed E-state index contributed by atoms with van der Waals surface area (Å²) in [6, 6.07) is 5.19. The van der Waals surface area contributed by atoms with Gasteiger partial charge < -0.3 is 5.11 Å². The molecule has 96 valence electrons. The average Bonchev–Trinajstić information content (AvgIpc) is 2.76.